The standard InChI is InChI=1S/C23H15Cl2F8N5O2/c1-10-4-11(16-8-21(40-37-16,23(31,32)33)12-5-13(24)7-14(25)6-12)2-3-15(10)18(39)34-20-35-19(22(28,29)30)38(36-20)9-17(26)27/h2-7,17H,8-9H2,1H3,(H,34,36,39). The maximum Gasteiger partial charge on any atom is 0.451 e. The van der Waals surface area contributed by atoms with Crippen molar-refractivity contribution >= 4 is 40.8 Å². The molecule has 1 atom stereocenters. The summed E-state index contributed by atoms with van der Waals surface area (Å²) in [6, 6.07) is 7.12. The lowest BCUT2D eigenvalue weighted by Gasteiger charge is -2.29. The number of amides is 1. The van der Waals surface area contributed by atoms with Gasteiger partial charge in [-0.15, -0.1) is 5.10 Å². The van der Waals surface area contributed by atoms with E-state index in [1.54, 1.807) is 0 Å². The predicted octanol–water partition coefficient (Wildman–Crippen LogP) is 7.01. The molecule has 1 N–H and O–H groups in total. The molecule has 0 saturated carbocycles. The molecule has 214 valence electrons. The first-order valence-corrected chi connectivity index (χ1v) is 11.8. The number of oxime groups is 1. The zero-order valence-electron chi connectivity index (χ0n) is 19.8. The van der Waals surface area contributed by atoms with E-state index in [-0.39, 0.29) is 42.7 Å². The van der Waals surface area contributed by atoms with Crippen molar-refractivity contribution in [1.29, 1.82) is 0 Å². The van der Waals surface area contributed by atoms with Crippen LogP contribution in [-0.2, 0) is 23.2 Å². The lowest BCUT2D eigenvalue weighted by Crippen LogP contribution is -2.42. The van der Waals surface area contributed by atoms with E-state index >= 15 is 0 Å². The number of anilines is 1. The Hall–Kier alpha value is -3.46. The van der Waals surface area contributed by atoms with Gasteiger partial charge in [0, 0.05) is 27.6 Å². The molecule has 2 heterocycles. The van der Waals surface area contributed by atoms with Gasteiger partial charge in [0.05, 0.1) is 5.71 Å². The third-order valence-corrected chi connectivity index (χ3v) is 6.22. The molecular weight excluding hydrogens is 601 g/mol. The highest BCUT2D eigenvalue weighted by atomic mass is 35.5. The largest absolute Gasteiger partial charge is 0.451 e. The number of carbonyl (C=O) groups excluding carboxylic acids is 1. The number of carbonyl (C=O) groups is 1. The fourth-order valence-electron chi connectivity index (χ4n) is 3.98. The Labute approximate surface area is 229 Å². The van der Waals surface area contributed by atoms with Crippen molar-refractivity contribution in [1.82, 2.24) is 14.8 Å². The molecule has 17 heteroatoms. The van der Waals surface area contributed by atoms with Crippen LogP contribution in [0.1, 0.15) is 39.3 Å². The Morgan fingerprint density at radius 1 is 1.10 bits per heavy atom. The van der Waals surface area contributed by atoms with Gasteiger partial charge in [0.2, 0.25) is 11.8 Å². The van der Waals surface area contributed by atoms with E-state index < -0.39 is 55.0 Å². The molecule has 0 spiro atoms. The molecule has 1 aliphatic heterocycles. The highest BCUT2D eigenvalue weighted by Crippen LogP contribution is 2.49. The lowest BCUT2D eigenvalue weighted by molar-refractivity contribution is -0.275. The van der Waals surface area contributed by atoms with Gasteiger partial charge in [-0.1, -0.05) is 34.4 Å². The molecule has 0 radical (unpaired) electrons. The minimum atomic E-state index is -5.12. The Balaban J connectivity index is 1.58. The van der Waals surface area contributed by atoms with Crippen molar-refractivity contribution in [2.75, 3.05) is 5.32 Å². The van der Waals surface area contributed by atoms with Gasteiger partial charge in [-0.2, -0.15) is 31.3 Å². The van der Waals surface area contributed by atoms with Gasteiger partial charge < -0.3 is 4.84 Å². The molecule has 1 unspecified atom stereocenters. The second kappa shape index (κ2) is 10.5. The summed E-state index contributed by atoms with van der Waals surface area (Å²) in [7, 11) is 0. The van der Waals surface area contributed by atoms with Crippen molar-refractivity contribution < 1.29 is 44.8 Å². The molecule has 4 rings (SSSR count). The smallest absolute Gasteiger partial charge is 0.374 e. The maximum atomic E-state index is 14.2. The SMILES string of the molecule is Cc1cc(C2=NOC(c3cc(Cl)cc(Cl)c3)(C(F)(F)F)C2)ccc1C(=O)Nc1nc(C(F)(F)F)n(CC(F)F)n1. The maximum absolute atomic E-state index is 14.2. The van der Waals surface area contributed by atoms with Crippen LogP contribution in [0.3, 0.4) is 0 Å². The second-order valence-corrected chi connectivity index (χ2v) is 9.48. The van der Waals surface area contributed by atoms with Crippen LogP contribution in [0.15, 0.2) is 41.6 Å². The predicted molar refractivity (Wildman–Crippen MR) is 127 cm³/mol. The molecule has 0 fully saturated rings. The number of nitrogens with one attached hydrogen (secondary N) is 1. The van der Waals surface area contributed by atoms with Crippen LogP contribution in [-0.4, -0.2) is 39.0 Å². The number of halogens is 10. The molecular formula is C23H15Cl2F8N5O2. The van der Waals surface area contributed by atoms with Gasteiger partial charge in [0.25, 0.3) is 17.9 Å². The molecule has 0 saturated heterocycles. The fraction of sp³-hybridized carbons (Fsp3) is 0.304. The number of aromatic nitrogens is 3. The Kier molecular flexibility index (Phi) is 7.75. The van der Waals surface area contributed by atoms with Crippen molar-refractivity contribution in [2.45, 2.75) is 44.3 Å². The number of aryl methyl sites for hydroxylation is 1. The molecule has 7 nitrogen and oxygen atoms in total. The first-order valence-electron chi connectivity index (χ1n) is 11.0. The van der Waals surface area contributed by atoms with Crippen LogP contribution in [0.4, 0.5) is 41.1 Å². The number of hydrogen-bond donors (Lipinski definition) is 1. The molecule has 2 aromatic carbocycles. The van der Waals surface area contributed by atoms with E-state index in [1.807, 2.05) is 5.32 Å². The minimum Gasteiger partial charge on any atom is -0.374 e. The van der Waals surface area contributed by atoms with Gasteiger partial charge in [0.15, 0.2) is 0 Å². The van der Waals surface area contributed by atoms with E-state index in [4.69, 9.17) is 28.0 Å². The summed E-state index contributed by atoms with van der Waals surface area (Å²) in [5, 5.41) is 8.81. The summed E-state index contributed by atoms with van der Waals surface area (Å²) in [6.07, 6.45) is -14.0. The molecule has 1 aliphatic rings. The third-order valence-electron chi connectivity index (χ3n) is 5.78. The molecule has 3 aromatic rings. The zero-order valence-corrected chi connectivity index (χ0v) is 21.4. The van der Waals surface area contributed by atoms with Crippen LogP contribution >= 0.6 is 23.2 Å². The van der Waals surface area contributed by atoms with E-state index in [0.717, 1.165) is 12.1 Å². The molecule has 1 amide bonds. The van der Waals surface area contributed by atoms with Crippen molar-refractivity contribution in [3.8, 4) is 0 Å². The molecule has 0 aliphatic carbocycles. The normalized spacial score (nSPS) is 17.6. The molecule has 0 bridgehead atoms. The van der Waals surface area contributed by atoms with Crippen molar-refractivity contribution in [3.63, 3.8) is 0 Å². The summed E-state index contributed by atoms with van der Waals surface area (Å²) in [5.74, 6) is -3.59. The van der Waals surface area contributed by atoms with Crippen LogP contribution in [0, 0.1) is 6.92 Å². The van der Waals surface area contributed by atoms with Gasteiger partial charge in [-0.3, -0.25) is 10.1 Å². The van der Waals surface area contributed by atoms with Crippen molar-refractivity contribution in [3.05, 3.63) is 74.5 Å². The monoisotopic (exact) mass is 615 g/mol. The summed E-state index contributed by atoms with van der Waals surface area (Å²) in [6.45, 7) is 0.00291. The Morgan fingerprint density at radius 2 is 1.75 bits per heavy atom. The van der Waals surface area contributed by atoms with Crippen LogP contribution in [0.25, 0.3) is 0 Å². The van der Waals surface area contributed by atoms with Gasteiger partial charge >= 0.3 is 12.4 Å². The van der Waals surface area contributed by atoms with E-state index in [9.17, 15) is 39.9 Å². The number of alkyl halides is 8. The highest BCUT2D eigenvalue weighted by molar-refractivity contribution is 6.34. The first kappa shape index (κ1) is 29.5. The topological polar surface area (TPSA) is 81.4 Å². The number of benzene rings is 2. The van der Waals surface area contributed by atoms with Gasteiger partial charge in [-0.05, 0) is 48.4 Å². The van der Waals surface area contributed by atoms with Crippen molar-refractivity contribution in [2.24, 2.45) is 5.16 Å². The van der Waals surface area contributed by atoms with E-state index in [0.29, 0.717) is 0 Å². The summed E-state index contributed by atoms with van der Waals surface area (Å²) in [4.78, 5) is 20.7. The lowest BCUT2D eigenvalue weighted by atomic mass is 9.86. The average molecular weight is 616 g/mol. The second-order valence-electron chi connectivity index (χ2n) is 8.60. The van der Waals surface area contributed by atoms with Crippen LogP contribution < -0.4 is 5.32 Å². The quantitative estimate of drug-likeness (QED) is 0.302. The molecule has 40 heavy (non-hydrogen) atoms. The summed E-state index contributed by atoms with van der Waals surface area (Å²) in [5.41, 5.74) is -3.14. The van der Waals surface area contributed by atoms with E-state index in [2.05, 4.69) is 15.2 Å². The fourth-order valence-corrected chi connectivity index (χ4v) is 4.50. The summed E-state index contributed by atoms with van der Waals surface area (Å²) < 4.78 is 107. The minimum absolute atomic E-state index is 0.0507. The zero-order chi connectivity index (χ0) is 29.6. The number of nitrogens with zero attached hydrogens (tertiary/aromatic N) is 4. The number of rotatable bonds is 6. The third kappa shape index (κ3) is 5.84. The number of hydrogen-bond acceptors (Lipinski definition) is 5. The Morgan fingerprint density at radius 3 is 2.30 bits per heavy atom. The summed E-state index contributed by atoms with van der Waals surface area (Å²) >= 11 is 11.8. The van der Waals surface area contributed by atoms with Gasteiger partial charge in [-0.25, -0.2) is 13.5 Å². The van der Waals surface area contributed by atoms with Gasteiger partial charge in [0.1, 0.15) is 6.54 Å². The Bertz CT molecular complexity index is 1470. The van der Waals surface area contributed by atoms with E-state index in [1.165, 1.54) is 31.2 Å². The average Bonchev–Trinajstić information content (AvgIpc) is 3.43. The van der Waals surface area contributed by atoms with Crippen LogP contribution in [0.2, 0.25) is 10.0 Å². The van der Waals surface area contributed by atoms with Crippen LogP contribution in [0.5, 0.6) is 0 Å². The molecule has 1 aromatic heterocycles. The first-order chi connectivity index (χ1) is 18.5. The highest BCUT2D eigenvalue weighted by Gasteiger charge is 2.62.